The Morgan fingerprint density at radius 1 is 1.19 bits per heavy atom. The number of rotatable bonds is 8. The van der Waals surface area contributed by atoms with Crippen LogP contribution in [0.1, 0.15) is 22.8 Å². The Bertz CT molecular complexity index is 1210. The summed E-state index contributed by atoms with van der Waals surface area (Å²) in [6.07, 6.45) is 2.09. The van der Waals surface area contributed by atoms with Crippen LogP contribution in [0.25, 0.3) is 10.9 Å². The summed E-state index contributed by atoms with van der Waals surface area (Å²) in [4.78, 5) is 26.5. The summed E-state index contributed by atoms with van der Waals surface area (Å²) < 4.78 is 27.3. The lowest BCUT2D eigenvalue weighted by atomic mass is 10.1. The Kier molecular flexibility index (Phi) is 6.99. The fourth-order valence-electron chi connectivity index (χ4n) is 3.65. The lowest BCUT2D eigenvalue weighted by Crippen LogP contribution is -2.34. The number of hydrogen-bond acceptors (Lipinski definition) is 6. The van der Waals surface area contributed by atoms with Crippen LogP contribution in [-0.4, -0.2) is 38.3 Å². The minimum Gasteiger partial charge on any atom is -0.493 e. The fourth-order valence-corrected chi connectivity index (χ4v) is 3.65. The Balaban J connectivity index is 1.94. The molecule has 0 atom stereocenters. The molecule has 3 N–H and O–H groups in total. The van der Waals surface area contributed by atoms with Gasteiger partial charge in [0, 0.05) is 31.7 Å². The minimum absolute atomic E-state index is 0.127. The van der Waals surface area contributed by atoms with E-state index in [0.29, 0.717) is 42.2 Å². The van der Waals surface area contributed by atoms with Gasteiger partial charge in [0.05, 0.1) is 25.4 Å². The summed E-state index contributed by atoms with van der Waals surface area (Å²) in [5, 5.41) is 0.127. The molecule has 0 radical (unpaired) electrons. The van der Waals surface area contributed by atoms with Gasteiger partial charge in [-0.15, -0.1) is 0 Å². The number of nitrogens with zero attached hydrogens (tertiary/aromatic N) is 2. The SMILES string of the molecule is CCn1cc(C(=O)NN)c(=O)c2cc(F)c(N(C)CCc3ccc(OC)c(OC)c3)cc21. The third kappa shape index (κ3) is 4.38. The van der Waals surface area contributed by atoms with Crippen molar-refractivity contribution in [3.05, 3.63) is 63.7 Å². The number of anilines is 1. The van der Waals surface area contributed by atoms with Gasteiger partial charge in [0.25, 0.3) is 5.91 Å². The van der Waals surface area contributed by atoms with Crippen molar-refractivity contribution in [1.82, 2.24) is 9.99 Å². The van der Waals surface area contributed by atoms with Crippen LogP contribution in [0.15, 0.2) is 41.3 Å². The highest BCUT2D eigenvalue weighted by Gasteiger charge is 2.18. The standard InChI is InChI=1S/C23H27FN4O4/c1-5-28-13-16(23(30)26-25)22(29)15-11-17(24)19(12-18(15)28)27(2)9-8-14-6-7-20(31-3)21(10-14)32-4/h6-7,10-13H,5,8-9,25H2,1-4H3,(H,26,30). The van der Waals surface area contributed by atoms with Crippen molar-refractivity contribution in [2.75, 3.05) is 32.7 Å². The second-order valence-electron chi connectivity index (χ2n) is 7.31. The van der Waals surface area contributed by atoms with E-state index >= 15 is 0 Å². The molecule has 1 heterocycles. The van der Waals surface area contributed by atoms with Crippen molar-refractivity contribution in [3.63, 3.8) is 0 Å². The minimum atomic E-state index is -0.712. The number of aryl methyl sites for hydroxylation is 1. The largest absolute Gasteiger partial charge is 0.493 e. The Morgan fingerprint density at radius 2 is 1.91 bits per heavy atom. The lowest BCUT2D eigenvalue weighted by Gasteiger charge is -2.22. The number of likely N-dealkylation sites (N-methyl/N-ethyl adjacent to an activating group) is 1. The molecule has 0 spiro atoms. The van der Waals surface area contributed by atoms with E-state index in [4.69, 9.17) is 15.3 Å². The zero-order valence-corrected chi connectivity index (χ0v) is 18.6. The first-order chi connectivity index (χ1) is 15.3. The van der Waals surface area contributed by atoms with Gasteiger partial charge < -0.3 is 18.9 Å². The molecule has 3 rings (SSSR count). The smallest absolute Gasteiger partial charge is 0.270 e. The van der Waals surface area contributed by atoms with Gasteiger partial charge >= 0.3 is 0 Å². The van der Waals surface area contributed by atoms with Crippen LogP contribution in [0.4, 0.5) is 10.1 Å². The molecule has 0 aliphatic carbocycles. The molecule has 0 bridgehead atoms. The molecule has 1 amide bonds. The first-order valence-corrected chi connectivity index (χ1v) is 10.1. The van der Waals surface area contributed by atoms with Gasteiger partial charge in [-0.2, -0.15) is 0 Å². The number of fused-ring (bicyclic) bond motifs is 1. The number of amides is 1. The molecule has 0 saturated heterocycles. The highest BCUT2D eigenvalue weighted by atomic mass is 19.1. The quantitative estimate of drug-likeness (QED) is 0.316. The first kappa shape index (κ1) is 23.1. The van der Waals surface area contributed by atoms with Crippen LogP contribution in [0.2, 0.25) is 0 Å². The predicted molar refractivity (Wildman–Crippen MR) is 122 cm³/mol. The average Bonchev–Trinajstić information content (AvgIpc) is 2.81. The second-order valence-corrected chi connectivity index (χ2v) is 7.31. The molecule has 8 nitrogen and oxygen atoms in total. The van der Waals surface area contributed by atoms with Crippen LogP contribution in [0.5, 0.6) is 11.5 Å². The van der Waals surface area contributed by atoms with Gasteiger partial charge in [-0.25, -0.2) is 10.2 Å². The summed E-state index contributed by atoms with van der Waals surface area (Å²) in [5.74, 6) is 5.20. The number of nitrogen functional groups attached to an aromatic ring is 1. The number of carbonyl (C=O) groups is 1. The third-order valence-electron chi connectivity index (χ3n) is 5.46. The van der Waals surface area contributed by atoms with E-state index in [1.807, 2.05) is 30.5 Å². The zero-order chi connectivity index (χ0) is 23.4. The molecule has 0 aliphatic rings. The second kappa shape index (κ2) is 9.69. The number of halogens is 1. The van der Waals surface area contributed by atoms with Gasteiger partial charge in [0.1, 0.15) is 11.4 Å². The van der Waals surface area contributed by atoms with Crippen LogP contribution < -0.4 is 31.1 Å². The number of hydrazine groups is 1. The highest BCUT2D eigenvalue weighted by molar-refractivity contribution is 5.97. The fraction of sp³-hybridized carbons (Fsp3) is 0.304. The summed E-state index contributed by atoms with van der Waals surface area (Å²) in [7, 11) is 4.94. The number of nitrogens with two attached hydrogens (primary N) is 1. The molecule has 3 aromatic rings. The van der Waals surface area contributed by atoms with Gasteiger partial charge in [-0.3, -0.25) is 15.0 Å². The molecular formula is C23H27FN4O4. The maximum Gasteiger partial charge on any atom is 0.270 e. The van der Waals surface area contributed by atoms with Gasteiger partial charge in [0.15, 0.2) is 11.5 Å². The Labute approximate surface area is 185 Å². The summed E-state index contributed by atoms with van der Waals surface area (Å²) in [6, 6.07) is 8.47. The summed E-state index contributed by atoms with van der Waals surface area (Å²) >= 11 is 0. The molecule has 0 unspecified atom stereocenters. The third-order valence-corrected chi connectivity index (χ3v) is 5.46. The van der Waals surface area contributed by atoms with E-state index < -0.39 is 17.2 Å². The van der Waals surface area contributed by atoms with E-state index in [1.165, 1.54) is 12.3 Å². The van der Waals surface area contributed by atoms with Crippen molar-refractivity contribution in [3.8, 4) is 11.5 Å². The van der Waals surface area contributed by atoms with Crippen molar-refractivity contribution in [2.24, 2.45) is 5.84 Å². The molecule has 9 heteroatoms. The van der Waals surface area contributed by atoms with Crippen LogP contribution >= 0.6 is 0 Å². The topological polar surface area (TPSA) is 98.8 Å². The van der Waals surface area contributed by atoms with Crippen molar-refractivity contribution in [2.45, 2.75) is 19.9 Å². The summed E-state index contributed by atoms with van der Waals surface area (Å²) in [6.45, 7) is 2.89. The highest BCUT2D eigenvalue weighted by Crippen LogP contribution is 2.29. The van der Waals surface area contributed by atoms with Gasteiger partial charge in [-0.05, 0) is 43.2 Å². The maximum atomic E-state index is 15.0. The van der Waals surface area contributed by atoms with Crippen molar-refractivity contribution in [1.29, 1.82) is 0 Å². The Hall–Kier alpha value is -3.59. The number of benzene rings is 2. The van der Waals surface area contributed by atoms with Crippen molar-refractivity contribution >= 4 is 22.5 Å². The monoisotopic (exact) mass is 442 g/mol. The number of ether oxygens (including phenoxy) is 2. The number of hydrogen-bond donors (Lipinski definition) is 2. The molecule has 32 heavy (non-hydrogen) atoms. The average molecular weight is 442 g/mol. The molecular weight excluding hydrogens is 415 g/mol. The lowest BCUT2D eigenvalue weighted by molar-refractivity contribution is 0.0952. The number of aromatic nitrogens is 1. The maximum absolute atomic E-state index is 15.0. The van der Waals surface area contributed by atoms with Gasteiger partial charge in [-0.1, -0.05) is 6.07 Å². The molecule has 0 aliphatic heterocycles. The van der Waals surface area contributed by atoms with Crippen LogP contribution in [-0.2, 0) is 13.0 Å². The first-order valence-electron chi connectivity index (χ1n) is 10.1. The number of nitrogens with one attached hydrogen (secondary N) is 1. The van der Waals surface area contributed by atoms with Gasteiger partial charge in [0.2, 0.25) is 5.43 Å². The van der Waals surface area contributed by atoms with E-state index in [2.05, 4.69) is 0 Å². The summed E-state index contributed by atoms with van der Waals surface area (Å²) in [5.41, 5.74) is 3.18. The predicted octanol–water partition coefficient (Wildman–Crippen LogP) is 2.46. The zero-order valence-electron chi connectivity index (χ0n) is 18.6. The van der Waals surface area contributed by atoms with Crippen LogP contribution in [0.3, 0.4) is 0 Å². The molecule has 1 aromatic heterocycles. The van der Waals surface area contributed by atoms with Crippen LogP contribution in [0, 0.1) is 5.82 Å². The molecule has 170 valence electrons. The number of carbonyl (C=O) groups excluding carboxylic acids is 1. The van der Waals surface area contributed by atoms with E-state index in [9.17, 15) is 14.0 Å². The van der Waals surface area contributed by atoms with E-state index in [1.54, 1.807) is 36.8 Å². The molecule has 2 aromatic carbocycles. The Morgan fingerprint density at radius 3 is 2.53 bits per heavy atom. The van der Waals surface area contributed by atoms with E-state index in [-0.39, 0.29) is 10.9 Å². The molecule has 0 fully saturated rings. The molecule has 0 saturated carbocycles. The van der Waals surface area contributed by atoms with E-state index in [0.717, 1.165) is 5.56 Å². The van der Waals surface area contributed by atoms with Crippen molar-refractivity contribution < 1.29 is 18.7 Å². The number of pyridine rings is 1. The number of methoxy groups -OCH3 is 2. The normalized spacial score (nSPS) is 10.8.